The number of benzene rings is 1. The predicted octanol–water partition coefficient (Wildman–Crippen LogP) is 3.67. The van der Waals surface area contributed by atoms with Crippen LogP contribution >= 0.6 is 0 Å². The van der Waals surface area contributed by atoms with Crippen molar-refractivity contribution in [2.45, 2.75) is 38.6 Å². The summed E-state index contributed by atoms with van der Waals surface area (Å²) < 4.78 is 12.7. The fourth-order valence-corrected chi connectivity index (χ4v) is 2.15. The van der Waals surface area contributed by atoms with Crippen molar-refractivity contribution in [3.8, 4) is 0 Å². The standard InChI is InChI=1S/C14H20FN/c1-11(13-5-7-14(15)8-6-13)16-10-9-12-3-2-4-12/h5-8,11-12,16H,2-4,9-10H2,1H3. The molecular weight excluding hydrogens is 201 g/mol. The van der Waals surface area contributed by atoms with E-state index >= 15 is 0 Å². The van der Waals surface area contributed by atoms with Gasteiger partial charge in [0.1, 0.15) is 5.82 Å². The van der Waals surface area contributed by atoms with E-state index in [1.54, 1.807) is 0 Å². The van der Waals surface area contributed by atoms with Gasteiger partial charge in [-0.3, -0.25) is 0 Å². The maximum Gasteiger partial charge on any atom is 0.123 e. The van der Waals surface area contributed by atoms with E-state index in [4.69, 9.17) is 0 Å². The van der Waals surface area contributed by atoms with Crippen molar-refractivity contribution in [1.29, 1.82) is 0 Å². The van der Waals surface area contributed by atoms with Crippen LogP contribution < -0.4 is 5.32 Å². The molecule has 0 amide bonds. The molecule has 0 radical (unpaired) electrons. The minimum absolute atomic E-state index is 0.162. The van der Waals surface area contributed by atoms with Crippen LogP contribution in [0.2, 0.25) is 0 Å². The molecule has 0 spiro atoms. The van der Waals surface area contributed by atoms with Gasteiger partial charge >= 0.3 is 0 Å². The Bertz CT molecular complexity index is 316. The van der Waals surface area contributed by atoms with Crippen LogP contribution in [0, 0.1) is 11.7 Å². The Balaban J connectivity index is 1.73. The zero-order chi connectivity index (χ0) is 11.4. The molecule has 1 aliphatic carbocycles. The highest BCUT2D eigenvalue weighted by molar-refractivity contribution is 5.19. The Kier molecular flexibility index (Phi) is 3.94. The molecular formula is C14H20FN. The normalized spacial score (nSPS) is 18.1. The van der Waals surface area contributed by atoms with Crippen LogP contribution in [0.25, 0.3) is 0 Å². The summed E-state index contributed by atoms with van der Waals surface area (Å²) in [7, 11) is 0. The second-order valence-electron chi connectivity index (χ2n) is 4.81. The van der Waals surface area contributed by atoms with Gasteiger partial charge in [0.2, 0.25) is 0 Å². The first-order valence-electron chi connectivity index (χ1n) is 6.24. The first-order valence-corrected chi connectivity index (χ1v) is 6.24. The minimum atomic E-state index is -0.162. The molecule has 2 rings (SSSR count). The summed E-state index contributed by atoms with van der Waals surface area (Å²) in [5.41, 5.74) is 1.16. The number of hydrogen-bond acceptors (Lipinski definition) is 1. The highest BCUT2D eigenvalue weighted by Crippen LogP contribution is 2.29. The summed E-state index contributed by atoms with van der Waals surface area (Å²) in [6, 6.07) is 7.09. The van der Waals surface area contributed by atoms with E-state index in [9.17, 15) is 4.39 Å². The van der Waals surface area contributed by atoms with Crippen LogP contribution in [0.1, 0.15) is 44.2 Å². The first kappa shape index (κ1) is 11.6. The largest absolute Gasteiger partial charge is 0.310 e. The summed E-state index contributed by atoms with van der Waals surface area (Å²) in [5, 5.41) is 3.50. The zero-order valence-corrected chi connectivity index (χ0v) is 9.88. The van der Waals surface area contributed by atoms with Crippen LogP contribution in [-0.4, -0.2) is 6.54 Å². The number of hydrogen-bond donors (Lipinski definition) is 1. The molecule has 1 unspecified atom stereocenters. The molecule has 0 bridgehead atoms. The van der Waals surface area contributed by atoms with Gasteiger partial charge < -0.3 is 5.32 Å². The number of nitrogens with one attached hydrogen (secondary N) is 1. The molecule has 1 aromatic rings. The van der Waals surface area contributed by atoms with Crippen LogP contribution in [0.15, 0.2) is 24.3 Å². The van der Waals surface area contributed by atoms with Gasteiger partial charge in [-0.25, -0.2) is 4.39 Å². The van der Waals surface area contributed by atoms with Crippen LogP contribution in [0.5, 0.6) is 0 Å². The Morgan fingerprint density at radius 2 is 2.00 bits per heavy atom. The van der Waals surface area contributed by atoms with E-state index in [1.807, 2.05) is 12.1 Å². The summed E-state index contributed by atoms with van der Waals surface area (Å²) in [5.74, 6) is 0.790. The predicted molar refractivity (Wildman–Crippen MR) is 64.8 cm³/mol. The molecule has 1 aliphatic rings. The molecule has 88 valence electrons. The summed E-state index contributed by atoms with van der Waals surface area (Å²) in [6.07, 6.45) is 5.52. The quantitative estimate of drug-likeness (QED) is 0.800. The van der Waals surface area contributed by atoms with Crippen molar-refractivity contribution < 1.29 is 4.39 Å². The van der Waals surface area contributed by atoms with Crippen molar-refractivity contribution in [1.82, 2.24) is 5.32 Å². The highest BCUT2D eigenvalue weighted by Gasteiger charge is 2.16. The lowest BCUT2D eigenvalue weighted by molar-refractivity contribution is 0.288. The highest BCUT2D eigenvalue weighted by atomic mass is 19.1. The van der Waals surface area contributed by atoms with Crippen molar-refractivity contribution in [3.63, 3.8) is 0 Å². The van der Waals surface area contributed by atoms with E-state index in [1.165, 1.54) is 37.8 Å². The molecule has 0 aliphatic heterocycles. The zero-order valence-electron chi connectivity index (χ0n) is 9.88. The fraction of sp³-hybridized carbons (Fsp3) is 0.571. The molecule has 1 fully saturated rings. The van der Waals surface area contributed by atoms with E-state index in [0.717, 1.165) is 18.0 Å². The Hall–Kier alpha value is -0.890. The third-order valence-corrected chi connectivity index (χ3v) is 3.60. The van der Waals surface area contributed by atoms with E-state index in [0.29, 0.717) is 6.04 Å². The number of halogens is 1. The smallest absolute Gasteiger partial charge is 0.123 e. The van der Waals surface area contributed by atoms with Gasteiger partial charge in [0, 0.05) is 6.04 Å². The van der Waals surface area contributed by atoms with E-state index in [-0.39, 0.29) is 5.82 Å². The van der Waals surface area contributed by atoms with Crippen molar-refractivity contribution in [2.75, 3.05) is 6.54 Å². The van der Waals surface area contributed by atoms with Crippen molar-refractivity contribution in [3.05, 3.63) is 35.6 Å². The summed E-state index contributed by atoms with van der Waals surface area (Å²) in [4.78, 5) is 0. The minimum Gasteiger partial charge on any atom is -0.310 e. The monoisotopic (exact) mass is 221 g/mol. The van der Waals surface area contributed by atoms with Gasteiger partial charge in [-0.2, -0.15) is 0 Å². The molecule has 16 heavy (non-hydrogen) atoms. The topological polar surface area (TPSA) is 12.0 Å². The molecule has 0 aromatic heterocycles. The van der Waals surface area contributed by atoms with E-state index < -0.39 is 0 Å². The average Bonchev–Trinajstić information content (AvgIpc) is 2.22. The van der Waals surface area contributed by atoms with Gasteiger partial charge in [0.05, 0.1) is 0 Å². The van der Waals surface area contributed by atoms with Crippen LogP contribution in [0.3, 0.4) is 0 Å². The SMILES string of the molecule is CC(NCCC1CCC1)c1ccc(F)cc1. The molecule has 1 saturated carbocycles. The summed E-state index contributed by atoms with van der Waals surface area (Å²) >= 11 is 0. The second kappa shape index (κ2) is 5.44. The average molecular weight is 221 g/mol. The lowest BCUT2D eigenvalue weighted by atomic mass is 9.83. The molecule has 0 heterocycles. The first-order chi connectivity index (χ1) is 7.75. The number of rotatable bonds is 5. The second-order valence-corrected chi connectivity index (χ2v) is 4.81. The van der Waals surface area contributed by atoms with Gasteiger partial charge in [-0.1, -0.05) is 31.4 Å². The van der Waals surface area contributed by atoms with Crippen molar-refractivity contribution >= 4 is 0 Å². The molecule has 0 saturated heterocycles. The Morgan fingerprint density at radius 1 is 1.31 bits per heavy atom. The summed E-state index contributed by atoms with van der Waals surface area (Å²) in [6.45, 7) is 3.21. The molecule has 1 N–H and O–H groups in total. The third kappa shape index (κ3) is 3.05. The third-order valence-electron chi connectivity index (χ3n) is 3.60. The maximum atomic E-state index is 12.7. The van der Waals surface area contributed by atoms with Gasteiger partial charge in [-0.15, -0.1) is 0 Å². The Morgan fingerprint density at radius 3 is 2.56 bits per heavy atom. The lowest BCUT2D eigenvalue weighted by Gasteiger charge is -2.26. The fourth-order valence-electron chi connectivity index (χ4n) is 2.15. The lowest BCUT2D eigenvalue weighted by Crippen LogP contribution is -2.24. The molecule has 1 atom stereocenters. The van der Waals surface area contributed by atoms with Gasteiger partial charge in [-0.05, 0) is 43.5 Å². The maximum absolute atomic E-state index is 12.7. The molecule has 2 heteroatoms. The van der Waals surface area contributed by atoms with Crippen molar-refractivity contribution in [2.24, 2.45) is 5.92 Å². The molecule has 1 nitrogen and oxygen atoms in total. The van der Waals surface area contributed by atoms with E-state index in [2.05, 4.69) is 12.2 Å². The molecule has 1 aromatic carbocycles. The van der Waals surface area contributed by atoms with Gasteiger partial charge in [0.15, 0.2) is 0 Å². The van der Waals surface area contributed by atoms with Crippen LogP contribution in [-0.2, 0) is 0 Å². The van der Waals surface area contributed by atoms with Gasteiger partial charge in [0.25, 0.3) is 0 Å². The Labute approximate surface area is 97.1 Å². The van der Waals surface area contributed by atoms with Crippen LogP contribution in [0.4, 0.5) is 4.39 Å².